The summed E-state index contributed by atoms with van der Waals surface area (Å²) in [4.78, 5) is 18.5. The molecule has 1 aromatic heterocycles. The molecule has 6 nitrogen and oxygen atoms in total. The number of hydrogen-bond donors (Lipinski definition) is 1. The van der Waals surface area contributed by atoms with Crippen molar-refractivity contribution < 1.29 is 18.1 Å². The van der Waals surface area contributed by atoms with Crippen molar-refractivity contribution in [3.8, 4) is 0 Å². The first kappa shape index (κ1) is 19.0. The van der Waals surface area contributed by atoms with Crippen molar-refractivity contribution >= 4 is 38.3 Å². The fourth-order valence-electron chi connectivity index (χ4n) is 2.59. The number of nitro groups is 1. The summed E-state index contributed by atoms with van der Waals surface area (Å²) in [6.07, 6.45) is -3.35. The van der Waals surface area contributed by atoms with Crippen molar-refractivity contribution in [3.05, 3.63) is 68.4 Å². The number of rotatable bonds is 4. The Bertz CT molecular complexity index is 1030. The third kappa shape index (κ3) is 4.16. The molecule has 0 amide bonds. The van der Waals surface area contributed by atoms with E-state index < -0.39 is 28.4 Å². The molecule has 0 radical (unpaired) electrons. The van der Waals surface area contributed by atoms with Crippen LogP contribution in [0.3, 0.4) is 0 Å². The van der Waals surface area contributed by atoms with Crippen molar-refractivity contribution in [2.75, 3.05) is 5.32 Å². The highest BCUT2D eigenvalue weighted by atomic mass is 79.9. The molecule has 0 aliphatic rings. The fraction of sp³-hybridized carbons (Fsp3) is 0.176. The lowest BCUT2D eigenvalue weighted by Gasteiger charge is -2.18. The van der Waals surface area contributed by atoms with Gasteiger partial charge in [-0.2, -0.15) is 13.2 Å². The van der Waals surface area contributed by atoms with E-state index in [4.69, 9.17) is 0 Å². The van der Waals surface area contributed by atoms with Gasteiger partial charge in [0.1, 0.15) is 12.1 Å². The molecular weight excluding hydrogens is 429 g/mol. The van der Waals surface area contributed by atoms with Crippen molar-refractivity contribution in [1.29, 1.82) is 0 Å². The summed E-state index contributed by atoms with van der Waals surface area (Å²) in [6, 6.07) is 7.22. The number of nitrogens with one attached hydrogen (secondary N) is 1. The van der Waals surface area contributed by atoms with Crippen LogP contribution >= 0.6 is 15.9 Å². The quantitative estimate of drug-likeness (QED) is 0.428. The minimum absolute atomic E-state index is 0.123. The van der Waals surface area contributed by atoms with Crippen LogP contribution in [0.15, 0.2) is 47.2 Å². The summed E-state index contributed by atoms with van der Waals surface area (Å²) < 4.78 is 40.0. The minimum Gasteiger partial charge on any atom is -0.363 e. The fourth-order valence-corrected chi connectivity index (χ4v) is 2.95. The predicted molar refractivity (Wildman–Crippen MR) is 97.4 cm³/mol. The molecule has 0 spiro atoms. The van der Waals surface area contributed by atoms with Crippen molar-refractivity contribution in [3.63, 3.8) is 0 Å². The highest BCUT2D eigenvalue weighted by Crippen LogP contribution is 2.35. The summed E-state index contributed by atoms with van der Waals surface area (Å²) in [5.41, 5.74) is -0.921. The SMILES string of the molecule is CC(Nc1ncnc2ccc(Br)cc12)c1cc([N+](=O)[O-])cc(C(F)(F)F)c1. The number of halogens is 4. The number of fused-ring (bicyclic) bond motifs is 1. The Hall–Kier alpha value is -2.75. The van der Waals surface area contributed by atoms with Gasteiger partial charge in [-0.15, -0.1) is 0 Å². The second-order valence-corrected chi connectivity index (χ2v) is 6.73. The van der Waals surface area contributed by atoms with E-state index in [0.717, 1.165) is 16.6 Å². The van der Waals surface area contributed by atoms with Crippen LogP contribution in [0.4, 0.5) is 24.7 Å². The van der Waals surface area contributed by atoms with Gasteiger partial charge in [-0.05, 0) is 36.8 Å². The van der Waals surface area contributed by atoms with Crippen molar-refractivity contribution in [2.45, 2.75) is 19.1 Å². The van der Waals surface area contributed by atoms with Gasteiger partial charge in [0.15, 0.2) is 0 Å². The molecular formula is C17H12BrF3N4O2. The molecule has 1 atom stereocenters. The van der Waals surface area contributed by atoms with Crippen LogP contribution in [-0.2, 0) is 6.18 Å². The second-order valence-electron chi connectivity index (χ2n) is 5.82. The number of alkyl halides is 3. The van der Waals surface area contributed by atoms with Gasteiger partial charge in [0.2, 0.25) is 0 Å². The van der Waals surface area contributed by atoms with Crippen LogP contribution in [0.25, 0.3) is 10.9 Å². The van der Waals surface area contributed by atoms with Crippen LogP contribution in [0.1, 0.15) is 24.1 Å². The zero-order chi connectivity index (χ0) is 19.8. The number of hydrogen-bond acceptors (Lipinski definition) is 5. The van der Waals surface area contributed by atoms with Crippen molar-refractivity contribution in [1.82, 2.24) is 9.97 Å². The smallest absolute Gasteiger partial charge is 0.363 e. The molecule has 3 aromatic rings. The van der Waals surface area contributed by atoms with Crippen LogP contribution < -0.4 is 5.32 Å². The predicted octanol–water partition coefficient (Wildman–Crippen LogP) is 5.49. The highest BCUT2D eigenvalue weighted by molar-refractivity contribution is 9.10. The number of anilines is 1. The van der Waals surface area contributed by atoms with Gasteiger partial charge >= 0.3 is 6.18 Å². The average Bonchev–Trinajstić information content (AvgIpc) is 2.61. The van der Waals surface area contributed by atoms with E-state index in [1.807, 2.05) is 0 Å². The maximum absolute atomic E-state index is 13.1. The first-order valence-corrected chi connectivity index (χ1v) is 8.48. The lowest BCUT2D eigenvalue weighted by atomic mass is 10.0. The first-order valence-electron chi connectivity index (χ1n) is 7.68. The van der Waals surface area contributed by atoms with Crippen LogP contribution in [0, 0.1) is 10.1 Å². The molecule has 0 aliphatic heterocycles. The van der Waals surface area contributed by atoms with Gasteiger partial charge in [-0.3, -0.25) is 10.1 Å². The highest BCUT2D eigenvalue weighted by Gasteiger charge is 2.33. The number of benzene rings is 2. The lowest BCUT2D eigenvalue weighted by molar-refractivity contribution is -0.385. The summed E-state index contributed by atoms with van der Waals surface area (Å²) in [6.45, 7) is 1.60. The monoisotopic (exact) mass is 440 g/mol. The third-order valence-electron chi connectivity index (χ3n) is 3.93. The second kappa shape index (κ2) is 7.10. The van der Waals surface area contributed by atoms with Gasteiger partial charge in [-0.1, -0.05) is 15.9 Å². The normalized spacial score (nSPS) is 12.8. The number of non-ortho nitro benzene ring substituents is 1. The molecule has 3 rings (SSSR count). The summed E-state index contributed by atoms with van der Waals surface area (Å²) >= 11 is 3.35. The van der Waals surface area contributed by atoms with E-state index in [-0.39, 0.29) is 5.56 Å². The van der Waals surface area contributed by atoms with E-state index >= 15 is 0 Å². The summed E-state index contributed by atoms with van der Waals surface area (Å²) in [5.74, 6) is 0.411. The largest absolute Gasteiger partial charge is 0.416 e. The standard InChI is InChI=1S/C17H12BrF3N4O2/c1-9(10-4-11(17(19,20)21)6-13(5-10)25(26)27)24-16-14-7-12(18)2-3-15(14)22-8-23-16/h2-9H,1H3,(H,22,23,24). The molecule has 0 bridgehead atoms. The van der Waals surface area contributed by atoms with Gasteiger partial charge in [0.25, 0.3) is 5.69 Å². The van der Waals surface area contributed by atoms with E-state index in [0.29, 0.717) is 22.8 Å². The maximum atomic E-state index is 13.1. The zero-order valence-electron chi connectivity index (χ0n) is 13.8. The number of nitro benzene ring substituents is 1. The molecule has 1 heterocycles. The molecule has 0 aliphatic carbocycles. The molecule has 0 fully saturated rings. The summed E-state index contributed by atoms with van der Waals surface area (Å²) in [7, 11) is 0. The molecule has 1 N–H and O–H groups in total. The maximum Gasteiger partial charge on any atom is 0.416 e. The molecule has 27 heavy (non-hydrogen) atoms. The lowest BCUT2D eigenvalue weighted by Crippen LogP contribution is -2.12. The molecule has 1 unspecified atom stereocenters. The topological polar surface area (TPSA) is 81.0 Å². The van der Waals surface area contributed by atoms with E-state index in [9.17, 15) is 23.3 Å². The minimum atomic E-state index is -4.69. The van der Waals surface area contributed by atoms with Crippen LogP contribution in [0.5, 0.6) is 0 Å². The van der Waals surface area contributed by atoms with Crippen LogP contribution in [0.2, 0.25) is 0 Å². The molecule has 2 aromatic carbocycles. The Balaban J connectivity index is 2.02. The number of nitrogens with zero attached hydrogens (tertiary/aromatic N) is 3. The zero-order valence-corrected chi connectivity index (χ0v) is 15.4. The third-order valence-corrected chi connectivity index (χ3v) is 4.42. The first-order chi connectivity index (χ1) is 12.6. The summed E-state index contributed by atoms with van der Waals surface area (Å²) in [5, 5.41) is 14.7. The molecule has 140 valence electrons. The Morgan fingerprint density at radius 2 is 1.93 bits per heavy atom. The van der Waals surface area contributed by atoms with Gasteiger partial charge < -0.3 is 5.32 Å². The van der Waals surface area contributed by atoms with E-state index in [1.54, 1.807) is 25.1 Å². The van der Waals surface area contributed by atoms with Gasteiger partial charge in [-0.25, -0.2) is 9.97 Å². The Morgan fingerprint density at radius 3 is 2.59 bits per heavy atom. The Labute approximate surface area is 159 Å². The average molecular weight is 441 g/mol. The molecule has 10 heteroatoms. The molecule has 0 saturated heterocycles. The van der Waals surface area contributed by atoms with Crippen LogP contribution in [-0.4, -0.2) is 14.9 Å². The Morgan fingerprint density at radius 1 is 1.19 bits per heavy atom. The van der Waals surface area contributed by atoms with E-state index in [1.165, 1.54) is 6.33 Å². The van der Waals surface area contributed by atoms with Gasteiger partial charge in [0.05, 0.1) is 22.0 Å². The van der Waals surface area contributed by atoms with Crippen molar-refractivity contribution in [2.24, 2.45) is 0 Å². The van der Waals surface area contributed by atoms with E-state index in [2.05, 4.69) is 31.2 Å². The number of aromatic nitrogens is 2. The van der Waals surface area contributed by atoms with Gasteiger partial charge in [0, 0.05) is 22.0 Å². The molecule has 0 saturated carbocycles. The Kier molecular flexibility index (Phi) is 5.01.